The van der Waals surface area contributed by atoms with Crippen LogP contribution in [-0.4, -0.2) is 28.4 Å². The number of thioether (sulfide) groups is 1. The van der Waals surface area contributed by atoms with Gasteiger partial charge in [0.2, 0.25) is 0 Å². The van der Waals surface area contributed by atoms with Crippen molar-refractivity contribution in [2.75, 3.05) is 13.3 Å². The molecule has 0 bridgehead atoms. The van der Waals surface area contributed by atoms with Crippen molar-refractivity contribution in [3.05, 3.63) is 30.1 Å². The van der Waals surface area contributed by atoms with Gasteiger partial charge in [-0.05, 0) is 24.0 Å². The lowest BCUT2D eigenvalue weighted by Crippen LogP contribution is -2.21. The van der Waals surface area contributed by atoms with Gasteiger partial charge in [0.15, 0.2) is 0 Å². The first-order chi connectivity index (χ1) is 6.24. The van der Waals surface area contributed by atoms with Crippen LogP contribution in [0.25, 0.3) is 0 Å². The number of hydrogen-bond donors (Lipinski definition) is 0. The van der Waals surface area contributed by atoms with Gasteiger partial charge in [0, 0.05) is 26.0 Å². The molecular formula is C9H12N2OS. The van der Waals surface area contributed by atoms with Crippen molar-refractivity contribution in [2.45, 2.75) is 6.54 Å². The van der Waals surface area contributed by atoms with Gasteiger partial charge in [0.25, 0.3) is 5.24 Å². The van der Waals surface area contributed by atoms with E-state index in [1.165, 1.54) is 11.8 Å². The van der Waals surface area contributed by atoms with Crippen LogP contribution in [0.5, 0.6) is 0 Å². The Bertz CT molecular complexity index is 276. The van der Waals surface area contributed by atoms with Crippen LogP contribution < -0.4 is 0 Å². The lowest BCUT2D eigenvalue weighted by molar-refractivity contribution is 0.232. The van der Waals surface area contributed by atoms with E-state index in [4.69, 9.17) is 0 Å². The van der Waals surface area contributed by atoms with E-state index in [2.05, 4.69) is 4.98 Å². The molecule has 0 N–H and O–H groups in total. The second kappa shape index (κ2) is 4.87. The fourth-order valence-corrected chi connectivity index (χ4v) is 1.36. The minimum atomic E-state index is 0.0804. The van der Waals surface area contributed by atoms with Crippen LogP contribution in [0.3, 0.4) is 0 Å². The quantitative estimate of drug-likeness (QED) is 0.725. The van der Waals surface area contributed by atoms with Crippen LogP contribution in [0.15, 0.2) is 24.5 Å². The number of carbonyl (C=O) groups is 1. The minimum absolute atomic E-state index is 0.0804. The molecule has 0 radical (unpaired) electrons. The van der Waals surface area contributed by atoms with E-state index in [1.54, 1.807) is 30.6 Å². The number of carbonyl (C=O) groups excluding carboxylic acids is 1. The Kier molecular flexibility index (Phi) is 3.76. The van der Waals surface area contributed by atoms with Crippen molar-refractivity contribution in [1.29, 1.82) is 0 Å². The molecular weight excluding hydrogens is 184 g/mol. The summed E-state index contributed by atoms with van der Waals surface area (Å²) in [4.78, 5) is 16.8. The van der Waals surface area contributed by atoms with E-state index in [1.807, 2.05) is 12.1 Å². The highest BCUT2D eigenvalue weighted by atomic mass is 32.2. The van der Waals surface area contributed by atoms with Crippen LogP contribution in [0.4, 0.5) is 4.79 Å². The Balaban J connectivity index is 2.55. The smallest absolute Gasteiger partial charge is 0.281 e. The summed E-state index contributed by atoms with van der Waals surface area (Å²) in [5, 5.41) is 0.0804. The Hall–Kier alpha value is -1.03. The third kappa shape index (κ3) is 3.06. The predicted molar refractivity (Wildman–Crippen MR) is 54.6 cm³/mol. The van der Waals surface area contributed by atoms with Crippen LogP contribution in [0.1, 0.15) is 5.56 Å². The van der Waals surface area contributed by atoms with Gasteiger partial charge < -0.3 is 4.90 Å². The molecule has 1 rings (SSSR count). The average molecular weight is 196 g/mol. The van der Waals surface area contributed by atoms with E-state index >= 15 is 0 Å². The predicted octanol–water partition coefficient (Wildman–Crippen LogP) is 2.00. The van der Waals surface area contributed by atoms with Gasteiger partial charge >= 0.3 is 0 Å². The van der Waals surface area contributed by atoms with Gasteiger partial charge in [-0.15, -0.1) is 0 Å². The molecule has 1 aromatic heterocycles. The lowest BCUT2D eigenvalue weighted by atomic mass is 10.2. The molecule has 0 aromatic carbocycles. The van der Waals surface area contributed by atoms with Gasteiger partial charge in [-0.25, -0.2) is 0 Å². The molecule has 0 unspecified atom stereocenters. The zero-order valence-electron chi connectivity index (χ0n) is 7.73. The van der Waals surface area contributed by atoms with Gasteiger partial charge in [-0.1, -0.05) is 11.8 Å². The van der Waals surface area contributed by atoms with Crippen molar-refractivity contribution in [3.63, 3.8) is 0 Å². The second-order valence-electron chi connectivity index (χ2n) is 2.68. The van der Waals surface area contributed by atoms with E-state index in [0.29, 0.717) is 6.54 Å². The Morgan fingerprint density at radius 3 is 2.69 bits per heavy atom. The van der Waals surface area contributed by atoms with Crippen LogP contribution in [0.2, 0.25) is 0 Å². The summed E-state index contributed by atoms with van der Waals surface area (Å²) < 4.78 is 0. The highest BCUT2D eigenvalue weighted by Gasteiger charge is 2.06. The first-order valence-corrected chi connectivity index (χ1v) is 5.14. The van der Waals surface area contributed by atoms with Crippen LogP contribution in [-0.2, 0) is 6.54 Å². The van der Waals surface area contributed by atoms with Crippen LogP contribution >= 0.6 is 11.8 Å². The molecule has 1 aromatic rings. The Morgan fingerprint density at radius 1 is 1.54 bits per heavy atom. The topological polar surface area (TPSA) is 33.2 Å². The largest absolute Gasteiger partial charge is 0.332 e. The molecule has 13 heavy (non-hydrogen) atoms. The lowest BCUT2D eigenvalue weighted by Gasteiger charge is -2.14. The zero-order chi connectivity index (χ0) is 9.68. The summed E-state index contributed by atoms with van der Waals surface area (Å²) in [6.07, 6.45) is 5.24. The molecule has 0 spiro atoms. The monoisotopic (exact) mass is 196 g/mol. The highest BCUT2D eigenvalue weighted by Crippen LogP contribution is 2.07. The number of rotatable bonds is 2. The zero-order valence-corrected chi connectivity index (χ0v) is 8.54. The number of amides is 1. The summed E-state index contributed by atoms with van der Waals surface area (Å²) in [5.74, 6) is 0. The molecule has 0 atom stereocenters. The van der Waals surface area contributed by atoms with Gasteiger partial charge in [0.05, 0.1) is 0 Å². The number of hydrogen-bond acceptors (Lipinski definition) is 3. The summed E-state index contributed by atoms with van der Waals surface area (Å²) >= 11 is 1.22. The standard InChI is InChI=1S/C9H12N2OS/c1-11(9(12)13-2)7-8-3-5-10-6-4-8/h3-6H,7H2,1-2H3. The molecule has 0 saturated heterocycles. The second-order valence-corrected chi connectivity index (χ2v) is 3.44. The highest BCUT2D eigenvalue weighted by molar-refractivity contribution is 8.12. The van der Waals surface area contributed by atoms with E-state index in [-0.39, 0.29) is 5.24 Å². The maximum Gasteiger partial charge on any atom is 0.281 e. The summed E-state index contributed by atoms with van der Waals surface area (Å²) in [7, 11) is 1.79. The van der Waals surface area contributed by atoms with Gasteiger partial charge in [0.1, 0.15) is 0 Å². The van der Waals surface area contributed by atoms with Crippen molar-refractivity contribution >= 4 is 17.0 Å². The summed E-state index contributed by atoms with van der Waals surface area (Å²) in [6.45, 7) is 0.641. The minimum Gasteiger partial charge on any atom is -0.332 e. The molecule has 0 aliphatic heterocycles. The maximum absolute atomic E-state index is 11.2. The van der Waals surface area contributed by atoms with Crippen molar-refractivity contribution in [2.24, 2.45) is 0 Å². The van der Waals surface area contributed by atoms with Crippen molar-refractivity contribution in [3.8, 4) is 0 Å². The first-order valence-electron chi connectivity index (χ1n) is 3.92. The molecule has 0 fully saturated rings. The molecule has 0 aliphatic carbocycles. The maximum atomic E-state index is 11.2. The van der Waals surface area contributed by atoms with Crippen molar-refractivity contribution in [1.82, 2.24) is 9.88 Å². The molecule has 3 nitrogen and oxygen atoms in total. The third-order valence-electron chi connectivity index (χ3n) is 1.66. The molecule has 0 aliphatic rings. The fourth-order valence-electron chi connectivity index (χ4n) is 0.982. The van der Waals surface area contributed by atoms with Gasteiger partial charge in [-0.3, -0.25) is 9.78 Å². The molecule has 1 heterocycles. The number of aromatic nitrogens is 1. The summed E-state index contributed by atoms with van der Waals surface area (Å²) in [5.41, 5.74) is 1.10. The van der Waals surface area contributed by atoms with E-state index < -0.39 is 0 Å². The van der Waals surface area contributed by atoms with Crippen molar-refractivity contribution < 1.29 is 4.79 Å². The molecule has 70 valence electrons. The number of nitrogens with zero attached hydrogens (tertiary/aromatic N) is 2. The SMILES string of the molecule is CSC(=O)N(C)Cc1ccncc1. The normalized spacial score (nSPS) is 9.69. The third-order valence-corrected chi connectivity index (χ3v) is 2.32. The summed E-state index contributed by atoms with van der Waals surface area (Å²) in [6, 6.07) is 3.81. The average Bonchev–Trinajstić information content (AvgIpc) is 2.18. The van der Waals surface area contributed by atoms with Gasteiger partial charge in [-0.2, -0.15) is 0 Å². The first kappa shape index (κ1) is 10.1. The molecule has 4 heteroatoms. The molecule has 0 saturated carbocycles. The van der Waals surface area contributed by atoms with E-state index in [0.717, 1.165) is 5.56 Å². The Morgan fingerprint density at radius 2 is 2.15 bits per heavy atom. The van der Waals surface area contributed by atoms with E-state index in [9.17, 15) is 4.79 Å². The van der Waals surface area contributed by atoms with Crippen LogP contribution in [0, 0.1) is 0 Å². The Labute approximate surface area is 82.2 Å². The molecule has 1 amide bonds. The number of pyridine rings is 1. The fraction of sp³-hybridized carbons (Fsp3) is 0.333.